The molecule has 2 aromatic rings. The van der Waals surface area contributed by atoms with E-state index in [-0.39, 0.29) is 0 Å². The first-order valence-electron chi connectivity index (χ1n) is 9.14. The Labute approximate surface area is 158 Å². The summed E-state index contributed by atoms with van der Waals surface area (Å²) in [7, 11) is 2.35. The van der Waals surface area contributed by atoms with E-state index in [0.717, 1.165) is 42.9 Å². The Kier molecular flexibility index (Phi) is 7.84. The highest BCUT2D eigenvalue weighted by molar-refractivity contribution is 6.60. The summed E-state index contributed by atoms with van der Waals surface area (Å²) in [5, 5.41) is 9.93. The second-order valence-corrected chi connectivity index (χ2v) is 9.53. The third kappa shape index (κ3) is 5.17. The average Bonchev–Trinajstić information content (AvgIpc) is 2.67. The van der Waals surface area contributed by atoms with Crippen molar-refractivity contribution in [1.29, 1.82) is 0 Å². The molecular weight excluding hydrogens is 344 g/mol. The predicted molar refractivity (Wildman–Crippen MR) is 107 cm³/mol. The van der Waals surface area contributed by atoms with E-state index in [4.69, 9.17) is 13.3 Å². The Hall–Kier alpha value is -1.66. The van der Waals surface area contributed by atoms with Gasteiger partial charge in [0.2, 0.25) is 0 Å². The molecule has 0 saturated carbocycles. The van der Waals surface area contributed by atoms with Crippen molar-refractivity contribution in [1.82, 2.24) is 0 Å². The summed E-state index contributed by atoms with van der Waals surface area (Å²) in [6.45, 7) is 2.19. The molecule has 0 unspecified atom stereocenters. The first kappa shape index (κ1) is 20.6. The summed E-state index contributed by atoms with van der Waals surface area (Å²) < 4.78 is 16.5. The van der Waals surface area contributed by atoms with Gasteiger partial charge >= 0.3 is 8.80 Å². The molecule has 0 aromatic heterocycles. The molecule has 0 fully saturated rings. The van der Waals surface area contributed by atoms with E-state index < -0.39 is 8.80 Å². The zero-order chi connectivity index (χ0) is 19.0. The van der Waals surface area contributed by atoms with Crippen molar-refractivity contribution in [2.24, 2.45) is 0 Å². The van der Waals surface area contributed by atoms with E-state index in [0.29, 0.717) is 5.75 Å². The maximum absolute atomic E-state index is 9.93. The van der Waals surface area contributed by atoms with Crippen LogP contribution in [0.3, 0.4) is 0 Å². The molecule has 0 spiro atoms. The molecule has 0 atom stereocenters. The van der Waals surface area contributed by atoms with E-state index in [1.54, 1.807) is 27.4 Å². The van der Waals surface area contributed by atoms with Crippen LogP contribution in [0, 0.1) is 0 Å². The number of hydrogen-bond donors (Lipinski definition) is 1. The van der Waals surface area contributed by atoms with E-state index in [2.05, 4.69) is 31.2 Å². The van der Waals surface area contributed by atoms with Gasteiger partial charge < -0.3 is 18.4 Å². The summed E-state index contributed by atoms with van der Waals surface area (Å²) in [4.78, 5) is 0. The number of phenols is 1. The number of hydrogen-bond acceptors (Lipinski definition) is 4. The minimum absolute atomic E-state index is 0.292. The normalized spacial score (nSPS) is 11.7. The Morgan fingerprint density at radius 3 is 2.12 bits per heavy atom. The quantitative estimate of drug-likeness (QED) is 0.606. The molecule has 0 aliphatic carbocycles. The van der Waals surface area contributed by atoms with Crippen molar-refractivity contribution < 1.29 is 18.4 Å². The zero-order valence-corrected chi connectivity index (χ0v) is 17.2. The van der Waals surface area contributed by atoms with Gasteiger partial charge in [0.05, 0.1) is 0 Å². The third-order valence-electron chi connectivity index (χ3n) is 4.75. The molecule has 0 aliphatic heterocycles. The van der Waals surface area contributed by atoms with Gasteiger partial charge in [-0.25, -0.2) is 0 Å². The van der Waals surface area contributed by atoms with Crippen LogP contribution in [0.1, 0.15) is 30.9 Å². The number of aromatic hydroxyl groups is 1. The SMILES string of the molecule is CCCc1ccc(-c2ccc(O)cc2CCC[Si](OC)(OC)OC)cc1. The van der Waals surface area contributed by atoms with E-state index in [1.807, 2.05) is 12.1 Å². The van der Waals surface area contributed by atoms with Crippen molar-refractivity contribution in [2.45, 2.75) is 38.7 Å². The molecule has 2 rings (SSSR count). The molecule has 0 heterocycles. The van der Waals surface area contributed by atoms with Crippen LogP contribution < -0.4 is 0 Å². The highest BCUT2D eigenvalue weighted by Crippen LogP contribution is 2.29. The average molecular weight is 375 g/mol. The van der Waals surface area contributed by atoms with Crippen LogP contribution in [0.25, 0.3) is 11.1 Å². The summed E-state index contributed by atoms with van der Waals surface area (Å²) >= 11 is 0. The molecule has 26 heavy (non-hydrogen) atoms. The smallest absolute Gasteiger partial charge is 0.500 e. The van der Waals surface area contributed by atoms with Crippen molar-refractivity contribution in [3.63, 3.8) is 0 Å². The third-order valence-corrected chi connectivity index (χ3v) is 7.59. The maximum atomic E-state index is 9.93. The fourth-order valence-electron chi connectivity index (χ4n) is 3.26. The molecule has 2 aromatic carbocycles. The molecular formula is C21H30O4Si. The van der Waals surface area contributed by atoms with Gasteiger partial charge in [0, 0.05) is 27.4 Å². The molecule has 0 saturated heterocycles. The molecule has 0 bridgehead atoms. The van der Waals surface area contributed by atoms with Gasteiger partial charge in [-0.2, -0.15) is 0 Å². The number of aryl methyl sites for hydroxylation is 2. The topological polar surface area (TPSA) is 47.9 Å². The fourth-order valence-corrected chi connectivity index (χ4v) is 4.98. The lowest BCUT2D eigenvalue weighted by atomic mass is 9.95. The molecule has 5 heteroatoms. The lowest BCUT2D eigenvalue weighted by molar-refractivity contribution is 0.123. The first-order valence-corrected chi connectivity index (χ1v) is 11.1. The minimum Gasteiger partial charge on any atom is -0.508 e. The Bertz CT molecular complexity index is 673. The number of rotatable bonds is 10. The van der Waals surface area contributed by atoms with Crippen LogP contribution in [0.4, 0.5) is 0 Å². The summed E-state index contributed by atoms with van der Waals surface area (Å²) in [6, 6.07) is 15.0. The van der Waals surface area contributed by atoms with E-state index in [1.165, 1.54) is 11.1 Å². The predicted octanol–water partition coefficient (Wildman–Crippen LogP) is 4.82. The lowest BCUT2D eigenvalue weighted by Crippen LogP contribution is -2.42. The van der Waals surface area contributed by atoms with E-state index >= 15 is 0 Å². The molecule has 0 amide bonds. The molecule has 1 N–H and O–H groups in total. The van der Waals surface area contributed by atoms with Crippen LogP contribution in [0.2, 0.25) is 6.04 Å². The Morgan fingerprint density at radius 2 is 1.54 bits per heavy atom. The van der Waals surface area contributed by atoms with Crippen molar-refractivity contribution >= 4 is 8.80 Å². The Balaban J connectivity index is 2.17. The molecule has 4 nitrogen and oxygen atoms in total. The highest BCUT2D eigenvalue weighted by atomic mass is 28.4. The highest BCUT2D eigenvalue weighted by Gasteiger charge is 2.36. The summed E-state index contributed by atoms with van der Waals surface area (Å²) in [5.74, 6) is 0.292. The standard InChI is InChI=1S/C21H30O4Si/c1-5-7-17-9-11-18(12-10-17)21-14-13-20(22)16-19(21)8-6-15-26(23-2,24-3)25-4/h9-14,16,22H,5-8,15H2,1-4H3. The second-order valence-electron chi connectivity index (χ2n) is 6.44. The van der Waals surface area contributed by atoms with Gasteiger partial charge in [-0.05, 0) is 53.6 Å². The van der Waals surface area contributed by atoms with Gasteiger partial charge in [-0.1, -0.05) is 43.7 Å². The van der Waals surface area contributed by atoms with Crippen LogP contribution in [0.15, 0.2) is 42.5 Å². The lowest BCUT2D eigenvalue weighted by Gasteiger charge is -2.24. The van der Waals surface area contributed by atoms with Crippen LogP contribution in [-0.4, -0.2) is 35.2 Å². The van der Waals surface area contributed by atoms with Gasteiger partial charge in [0.25, 0.3) is 0 Å². The van der Waals surface area contributed by atoms with Gasteiger partial charge in [-0.15, -0.1) is 0 Å². The maximum Gasteiger partial charge on any atom is 0.500 e. The monoisotopic (exact) mass is 374 g/mol. The number of benzene rings is 2. The van der Waals surface area contributed by atoms with Crippen LogP contribution in [-0.2, 0) is 26.1 Å². The van der Waals surface area contributed by atoms with Crippen molar-refractivity contribution in [3.05, 3.63) is 53.6 Å². The van der Waals surface area contributed by atoms with Gasteiger partial charge in [0.1, 0.15) is 5.75 Å². The van der Waals surface area contributed by atoms with Gasteiger partial charge in [0.15, 0.2) is 0 Å². The van der Waals surface area contributed by atoms with Crippen LogP contribution in [0.5, 0.6) is 5.75 Å². The minimum atomic E-state index is -2.56. The van der Waals surface area contributed by atoms with Crippen molar-refractivity contribution in [2.75, 3.05) is 21.3 Å². The molecule has 142 valence electrons. The van der Waals surface area contributed by atoms with Crippen molar-refractivity contribution in [3.8, 4) is 16.9 Å². The number of phenolic OH excluding ortho intramolecular Hbond substituents is 1. The second kappa shape index (κ2) is 9.88. The summed E-state index contributed by atoms with van der Waals surface area (Å²) in [5.41, 5.74) is 4.81. The zero-order valence-electron chi connectivity index (χ0n) is 16.2. The largest absolute Gasteiger partial charge is 0.508 e. The summed E-state index contributed by atoms with van der Waals surface area (Å²) in [6.07, 6.45) is 3.94. The molecule has 0 aliphatic rings. The van der Waals surface area contributed by atoms with Crippen LogP contribution >= 0.6 is 0 Å². The Morgan fingerprint density at radius 1 is 0.885 bits per heavy atom. The first-order chi connectivity index (χ1) is 12.6. The van der Waals surface area contributed by atoms with Gasteiger partial charge in [-0.3, -0.25) is 0 Å². The molecule has 0 radical (unpaired) electrons. The fraction of sp³-hybridized carbons (Fsp3) is 0.429. The van der Waals surface area contributed by atoms with E-state index in [9.17, 15) is 5.11 Å².